The molecule has 0 aliphatic carbocycles. The molecule has 0 aromatic carbocycles. The molecule has 17 heavy (non-hydrogen) atoms. The summed E-state index contributed by atoms with van der Waals surface area (Å²) in [4.78, 5) is 25.0. The van der Waals surface area contributed by atoms with Gasteiger partial charge in [0.25, 0.3) is 5.91 Å². The number of nitrogens with two attached hydrogens (primary N) is 1. The number of likely N-dealkylation sites (N-methyl/N-ethyl adjacent to an activating group) is 1. The molecule has 0 radical (unpaired) electrons. The van der Waals surface area contributed by atoms with Gasteiger partial charge in [0, 0.05) is 6.04 Å². The maximum absolute atomic E-state index is 11.6. The van der Waals surface area contributed by atoms with Crippen LogP contribution in [0.15, 0.2) is 0 Å². The van der Waals surface area contributed by atoms with Gasteiger partial charge >= 0.3 is 0 Å². The second kappa shape index (κ2) is 8.03. The number of hydrogen-bond acceptors (Lipinski definition) is 4. The van der Waals surface area contributed by atoms with Crippen molar-refractivity contribution in [1.82, 2.24) is 15.6 Å². The third-order valence-electron chi connectivity index (χ3n) is 2.47. The van der Waals surface area contributed by atoms with E-state index in [0.717, 1.165) is 0 Å². The fraction of sp³-hybridized carbons (Fsp3) is 0.818. The van der Waals surface area contributed by atoms with Crippen LogP contribution in [0.25, 0.3) is 0 Å². The third-order valence-corrected chi connectivity index (χ3v) is 2.47. The minimum atomic E-state index is -0.358. The molecule has 0 aliphatic heterocycles. The Morgan fingerprint density at radius 1 is 1.29 bits per heavy atom. The van der Waals surface area contributed by atoms with Gasteiger partial charge in [-0.2, -0.15) is 0 Å². The Morgan fingerprint density at radius 3 is 2.24 bits per heavy atom. The molecular weight excluding hydrogens is 220 g/mol. The summed E-state index contributed by atoms with van der Waals surface area (Å²) in [5, 5.41) is 2.80. The molecule has 1 unspecified atom stereocenters. The predicted octanol–water partition coefficient (Wildman–Crippen LogP) is -0.399. The first-order valence-electron chi connectivity index (χ1n) is 6.00. The van der Waals surface area contributed by atoms with Crippen molar-refractivity contribution in [2.24, 2.45) is 5.84 Å². The van der Waals surface area contributed by atoms with Crippen LogP contribution in [0.5, 0.6) is 0 Å². The van der Waals surface area contributed by atoms with E-state index in [4.69, 9.17) is 5.84 Å². The minimum absolute atomic E-state index is 0.0786. The van der Waals surface area contributed by atoms with Gasteiger partial charge in [-0.25, -0.2) is 5.84 Å². The summed E-state index contributed by atoms with van der Waals surface area (Å²) in [6.07, 6.45) is 0.617. The minimum Gasteiger partial charge on any atom is -0.353 e. The smallest absolute Gasteiger partial charge is 0.251 e. The molecule has 0 rings (SSSR count). The summed E-state index contributed by atoms with van der Waals surface area (Å²) in [6.45, 7) is 8.44. The van der Waals surface area contributed by atoms with Gasteiger partial charge in [-0.3, -0.25) is 19.9 Å². The zero-order valence-electron chi connectivity index (χ0n) is 11.1. The molecule has 0 heterocycles. The zero-order chi connectivity index (χ0) is 13.4. The first-order chi connectivity index (χ1) is 7.96. The molecule has 100 valence electrons. The van der Waals surface area contributed by atoms with E-state index in [-0.39, 0.29) is 30.4 Å². The fourth-order valence-corrected chi connectivity index (χ4v) is 1.70. The van der Waals surface area contributed by atoms with Gasteiger partial charge in [-0.05, 0) is 26.8 Å². The maximum Gasteiger partial charge on any atom is 0.251 e. The highest BCUT2D eigenvalue weighted by molar-refractivity contribution is 5.83. The van der Waals surface area contributed by atoms with Gasteiger partial charge in [0.05, 0.1) is 12.6 Å². The van der Waals surface area contributed by atoms with Crippen molar-refractivity contribution in [1.29, 1.82) is 0 Å². The molecule has 4 N–H and O–H groups in total. The second-order valence-corrected chi connectivity index (χ2v) is 4.22. The molecule has 0 saturated carbocycles. The molecular formula is C11H24N4O2. The third kappa shape index (κ3) is 5.65. The van der Waals surface area contributed by atoms with Gasteiger partial charge < -0.3 is 5.32 Å². The number of amides is 2. The molecule has 0 aromatic rings. The van der Waals surface area contributed by atoms with E-state index in [1.165, 1.54) is 0 Å². The lowest BCUT2D eigenvalue weighted by Gasteiger charge is -2.28. The van der Waals surface area contributed by atoms with Crippen LogP contribution in [-0.2, 0) is 9.59 Å². The van der Waals surface area contributed by atoms with E-state index >= 15 is 0 Å². The highest BCUT2D eigenvalue weighted by atomic mass is 16.2. The lowest BCUT2D eigenvalue weighted by molar-refractivity contribution is -0.129. The first kappa shape index (κ1) is 15.9. The molecule has 6 nitrogen and oxygen atoms in total. The highest BCUT2D eigenvalue weighted by Crippen LogP contribution is 2.03. The number of rotatable bonds is 7. The van der Waals surface area contributed by atoms with Crippen molar-refractivity contribution in [3.63, 3.8) is 0 Å². The molecule has 0 aromatic heterocycles. The lowest BCUT2D eigenvalue weighted by atomic mass is 10.1. The Labute approximate surface area is 103 Å². The highest BCUT2D eigenvalue weighted by Gasteiger charge is 2.24. The van der Waals surface area contributed by atoms with Crippen LogP contribution in [0, 0.1) is 0 Å². The largest absolute Gasteiger partial charge is 0.353 e. The van der Waals surface area contributed by atoms with Crippen LogP contribution >= 0.6 is 0 Å². The van der Waals surface area contributed by atoms with E-state index in [2.05, 4.69) is 10.7 Å². The molecule has 1 atom stereocenters. The molecule has 2 amide bonds. The summed E-state index contributed by atoms with van der Waals surface area (Å²) < 4.78 is 0. The van der Waals surface area contributed by atoms with E-state index in [1.54, 1.807) is 4.90 Å². The van der Waals surface area contributed by atoms with Crippen LogP contribution < -0.4 is 16.6 Å². The Kier molecular flexibility index (Phi) is 7.49. The Balaban J connectivity index is 4.48. The van der Waals surface area contributed by atoms with Gasteiger partial charge in [-0.1, -0.05) is 13.8 Å². The normalized spacial score (nSPS) is 12.6. The molecule has 0 spiro atoms. The summed E-state index contributed by atoms with van der Waals surface area (Å²) >= 11 is 0. The topological polar surface area (TPSA) is 87.5 Å². The summed E-state index contributed by atoms with van der Waals surface area (Å²) in [5.41, 5.74) is 2.13. The van der Waals surface area contributed by atoms with Crippen molar-refractivity contribution in [2.75, 3.05) is 13.1 Å². The number of carbonyl (C=O) groups excluding carboxylic acids is 2. The van der Waals surface area contributed by atoms with Crippen molar-refractivity contribution < 1.29 is 9.59 Å². The van der Waals surface area contributed by atoms with E-state index in [0.29, 0.717) is 13.0 Å². The SMILES string of the molecule is CCC(C(=O)NN)N(CC)CC(=O)NC(C)C. The van der Waals surface area contributed by atoms with Crippen LogP contribution in [0.4, 0.5) is 0 Å². The van der Waals surface area contributed by atoms with Gasteiger partial charge in [-0.15, -0.1) is 0 Å². The Morgan fingerprint density at radius 2 is 1.88 bits per heavy atom. The quantitative estimate of drug-likeness (QED) is 0.323. The van der Waals surface area contributed by atoms with Crippen LogP contribution in [0.2, 0.25) is 0 Å². The fourth-order valence-electron chi connectivity index (χ4n) is 1.70. The lowest BCUT2D eigenvalue weighted by Crippen LogP contribution is -2.52. The second-order valence-electron chi connectivity index (χ2n) is 4.22. The van der Waals surface area contributed by atoms with E-state index < -0.39 is 0 Å². The number of hydrazine groups is 1. The monoisotopic (exact) mass is 244 g/mol. The Hall–Kier alpha value is -1.14. The average molecular weight is 244 g/mol. The van der Waals surface area contributed by atoms with Gasteiger partial charge in [0.2, 0.25) is 5.91 Å². The van der Waals surface area contributed by atoms with Gasteiger partial charge in [0.1, 0.15) is 0 Å². The molecule has 0 bridgehead atoms. The van der Waals surface area contributed by atoms with Crippen LogP contribution in [0.3, 0.4) is 0 Å². The summed E-state index contributed by atoms with van der Waals surface area (Å²) in [5.74, 6) is 4.79. The van der Waals surface area contributed by atoms with Crippen molar-refractivity contribution in [3.8, 4) is 0 Å². The summed E-state index contributed by atoms with van der Waals surface area (Å²) in [7, 11) is 0. The summed E-state index contributed by atoms with van der Waals surface area (Å²) in [6, 6.07) is -0.257. The number of nitrogens with one attached hydrogen (secondary N) is 2. The predicted molar refractivity (Wildman–Crippen MR) is 66.9 cm³/mol. The molecule has 0 saturated heterocycles. The first-order valence-corrected chi connectivity index (χ1v) is 6.00. The van der Waals surface area contributed by atoms with Crippen LogP contribution in [-0.4, -0.2) is 41.9 Å². The van der Waals surface area contributed by atoms with Crippen molar-refractivity contribution in [2.45, 2.75) is 46.2 Å². The maximum atomic E-state index is 11.6. The standard InChI is InChI=1S/C11H24N4O2/c1-5-9(11(17)14-12)15(6-2)7-10(16)13-8(3)4/h8-9H,5-7,12H2,1-4H3,(H,13,16)(H,14,17). The molecule has 0 fully saturated rings. The average Bonchev–Trinajstić information content (AvgIpc) is 2.27. The number of hydrogen-bond donors (Lipinski definition) is 3. The van der Waals surface area contributed by atoms with Crippen molar-refractivity contribution in [3.05, 3.63) is 0 Å². The van der Waals surface area contributed by atoms with E-state index in [1.807, 2.05) is 27.7 Å². The van der Waals surface area contributed by atoms with Gasteiger partial charge in [0.15, 0.2) is 0 Å². The zero-order valence-corrected chi connectivity index (χ0v) is 11.1. The van der Waals surface area contributed by atoms with Crippen LogP contribution in [0.1, 0.15) is 34.1 Å². The number of carbonyl (C=O) groups is 2. The van der Waals surface area contributed by atoms with Crippen molar-refractivity contribution >= 4 is 11.8 Å². The molecule has 0 aliphatic rings. The van der Waals surface area contributed by atoms with E-state index in [9.17, 15) is 9.59 Å². The molecule has 6 heteroatoms. The number of nitrogens with zero attached hydrogens (tertiary/aromatic N) is 1. The Bertz CT molecular complexity index is 256.